The van der Waals surface area contributed by atoms with Gasteiger partial charge >= 0.3 is 0 Å². The van der Waals surface area contributed by atoms with Gasteiger partial charge in [-0.15, -0.1) is 0 Å². The number of rotatable bonds is 0. The molecule has 4 aromatic rings. The first-order chi connectivity index (χ1) is 17.8. The predicted molar refractivity (Wildman–Crippen MR) is 153 cm³/mol. The average molecular weight is 475 g/mol. The molecule has 2 nitrogen and oxygen atoms in total. The standard InChI is InChI=1S/C34H34O2/c1-2-4-6-24-36-34-21-15-28(16-22-34)8-10-30-12-18-31-17-11-29(25-32(31)26-30)9-7-27-13-19-33(20-14-27)35-23-5-3-1/h7-22,25-26H,1-6,23-24H2. The Morgan fingerprint density at radius 1 is 0.361 bits per heavy atom. The van der Waals surface area contributed by atoms with Crippen molar-refractivity contribution < 1.29 is 9.47 Å². The Morgan fingerprint density at radius 3 is 1.22 bits per heavy atom. The number of hydrogen-bond acceptors (Lipinski definition) is 2. The summed E-state index contributed by atoms with van der Waals surface area (Å²) in [5.41, 5.74) is 4.73. The molecule has 0 fully saturated rings. The zero-order valence-electron chi connectivity index (χ0n) is 20.9. The van der Waals surface area contributed by atoms with Crippen LogP contribution in [-0.4, -0.2) is 13.2 Å². The van der Waals surface area contributed by atoms with Gasteiger partial charge in [0.1, 0.15) is 11.5 Å². The lowest BCUT2D eigenvalue weighted by Crippen LogP contribution is -1.98. The largest absolute Gasteiger partial charge is 0.494 e. The van der Waals surface area contributed by atoms with Crippen LogP contribution < -0.4 is 9.47 Å². The lowest BCUT2D eigenvalue weighted by atomic mass is 10.0. The highest BCUT2D eigenvalue weighted by atomic mass is 16.5. The molecule has 4 aliphatic rings. The van der Waals surface area contributed by atoms with Crippen LogP contribution in [0.15, 0.2) is 84.9 Å². The van der Waals surface area contributed by atoms with Crippen LogP contribution in [0.2, 0.25) is 0 Å². The van der Waals surface area contributed by atoms with E-state index in [4.69, 9.17) is 9.47 Å². The number of benzene rings is 4. The molecule has 0 aliphatic carbocycles. The third-order valence-electron chi connectivity index (χ3n) is 6.66. The van der Waals surface area contributed by atoms with Crippen LogP contribution in [0.3, 0.4) is 0 Å². The van der Waals surface area contributed by atoms with Gasteiger partial charge in [0.2, 0.25) is 0 Å². The lowest BCUT2D eigenvalue weighted by Gasteiger charge is -2.07. The van der Waals surface area contributed by atoms with Gasteiger partial charge in [-0.05, 0) is 82.3 Å². The molecule has 0 saturated heterocycles. The maximum absolute atomic E-state index is 5.94. The highest BCUT2D eigenvalue weighted by Crippen LogP contribution is 2.22. The minimum Gasteiger partial charge on any atom is -0.494 e. The normalized spacial score (nSPS) is 15.1. The van der Waals surface area contributed by atoms with Crippen LogP contribution in [0.1, 0.15) is 60.8 Å². The fourth-order valence-corrected chi connectivity index (χ4v) is 4.52. The van der Waals surface area contributed by atoms with E-state index in [9.17, 15) is 0 Å². The fourth-order valence-electron chi connectivity index (χ4n) is 4.52. The molecule has 36 heavy (non-hydrogen) atoms. The van der Waals surface area contributed by atoms with Gasteiger partial charge in [0.15, 0.2) is 0 Å². The van der Waals surface area contributed by atoms with Crippen molar-refractivity contribution in [1.29, 1.82) is 0 Å². The Kier molecular flexibility index (Phi) is 8.15. The summed E-state index contributed by atoms with van der Waals surface area (Å²) in [5.74, 6) is 1.89. The molecule has 0 N–H and O–H groups in total. The van der Waals surface area contributed by atoms with Gasteiger partial charge < -0.3 is 9.47 Å². The van der Waals surface area contributed by atoms with Gasteiger partial charge in [-0.1, -0.05) is 98.5 Å². The lowest BCUT2D eigenvalue weighted by molar-refractivity contribution is 0.297. The Balaban J connectivity index is 1.35. The monoisotopic (exact) mass is 474 g/mol. The minimum atomic E-state index is 0.780. The van der Waals surface area contributed by atoms with Crippen LogP contribution in [0.25, 0.3) is 35.1 Å². The zero-order chi connectivity index (χ0) is 24.4. The summed E-state index contributed by atoms with van der Waals surface area (Å²) in [4.78, 5) is 0. The maximum Gasteiger partial charge on any atom is 0.119 e. The molecule has 4 aromatic carbocycles. The first kappa shape index (κ1) is 23.9. The topological polar surface area (TPSA) is 18.5 Å². The van der Waals surface area contributed by atoms with Crippen LogP contribution in [0, 0.1) is 0 Å². The molecular weight excluding hydrogens is 440 g/mol. The summed E-state index contributed by atoms with van der Waals surface area (Å²) in [5, 5.41) is 2.49. The van der Waals surface area contributed by atoms with Crippen molar-refractivity contribution in [2.24, 2.45) is 0 Å². The van der Waals surface area contributed by atoms with Gasteiger partial charge in [0.05, 0.1) is 13.2 Å². The second-order valence-corrected chi connectivity index (χ2v) is 9.49. The van der Waals surface area contributed by atoms with E-state index in [1.807, 2.05) is 0 Å². The van der Waals surface area contributed by atoms with Crippen molar-refractivity contribution in [3.8, 4) is 11.5 Å². The molecule has 0 saturated carbocycles. The second-order valence-electron chi connectivity index (χ2n) is 9.49. The van der Waals surface area contributed by atoms with Gasteiger partial charge in [-0.25, -0.2) is 0 Å². The Morgan fingerprint density at radius 2 is 0.750 bits per heavy atom. The van der Waals surface area contributed by atoms with Crippen molar-refractivity contribution in [2.75, 3.05) is 13.2 Å². The molecule has 0 amide bonds. The third kappa shape index (κ3) is 6.88. The number of hydrogen-bond donors (Lipinski definition) is 0. The van der Waals surface area contributed by atoms with Crippen molar-refractivity contribution in [3.63, 3.8) is 0 Å². The molecule has 0 aromatic heterocycles. The van der Waals surface area contributed by atoms with E-state index in [0.717, 1.165) is 37.6 Å². The molecular formula is C34H34O2. The van der Waals surface area contributed by atoms with E-state index in [1.54, 1.807) is 0 Å². The number of ether oxygens (including phenoxy) is 2. The molecule has 4 heterocycles. The summed E-state index contributed by atoms with van der Waals surface area (Å²) in [6.07, 6.45) is 15.8. The van der Waals surface area contributed by atoms with E-state index in [2.05, 4.69) is 109 Å². The summed E-state index contributed by atoms with van der Waals surface area (Å²) >= 11 is 0. The van der Waals surface area contributed by atoms with E-state index in [-0.39, 0.29) is 0 Å². The van der Waals surface area contributed by atoms with Crippen LogP contribution in [-0.2, 0) is 0 Å². The minimum absolute atomic E-state index is 0.780. The average Bonchev–Trinajstić information content (AvgIpc) is 2.92. The molecule has 8 rings (SSSR count). The maximum atomic E-state index is 5.94. The van der Waals surface area contributed by atoms with E-state index in [0.29, 0.717) is 0 Å². The molecule has 182 valence electrons. The zero-order valence-corrected chi connectivity index (χ0v) is 20.9. The summed E-state index contributed by atoms with van der Waals surface area (Å²) in [6, 6.07) is 30.0. The van der Waals surface area contributed by atoms with Crippen molar-refractivity contribution in [1.82, 2.24) is 0 Å². The molecule has 2 heteroatoms. The van der Waals surface area contributed by atoms with Crippen LogP contribution >= 0.6 is 0 Å². The van der Waals surface area contributed by atoms with Crippen molar-refractivity contribution in [3.05, 3.63) is 107 Å². The molecule has 0 unspecified atom stereocenters. The molecule has 0 spiro atoms. The summed E-state index contributed by atoms with van der Waals surface area (Å²) in [7, 11) is 0. The predicted octanol–water partition coefficient (Wildman–Crippen LogP) is 9.29. The Labute approximate surface area is 214 Å². The third-order valence-corrected chi connectivity index (χ3v) is 6.66. The molecule has 4 aliphatic heterocycles. The molecule has 7 bridgehead atoms. The first-order valence-corrected chi connectivity index (χ1v) is 13.2. The van der Waals surface area contributed by atoms with Gasteiger partial charge in [0.25, 0.3) is 0 Å². The SMILES string of the molecule is C1=Cc2ccc3ccc(cc3c2)C=Cc2ccc(cc2)OCCCCCCCCOc2ccc1cc2. The molecule has 0 atom stereocenters. The smallest absolute Gasteiger partial charge is 0.119 e. The molecule has 0 radical (unpaired) electrons. The summed E-state index contributed by atoms with van der Waals surface area (Å²) in [6.45, 7) is 1.56. The van der Waals surface area contributed by atoms with Crippen molar-refractivity contribution in [2.45, 2.75) is 38.5 Å². The van der Waals surface area contributed by atoms with E-state index in [1.165, 1.54) is 58.7 Å². The second kappa shape index (κ2) is 12.3. The Hall–Kier alpha value is -3.78. The van der Waals surface area contributed by atoms with Gasteiger partial charge in [0, 0.05) is 0 Å². The van der Waals surface area contributed by atoms with Crippen molar-refractivity contribution >= 4 is 35.1 Å². The highest BCUT2D eigenvalue weighted by molar-refractivity contribution is 5.88. The van der Waals surface area contributed by atoms with E-state index < -0.39 is 0 Å². The van der Waals surface area contributed by atoms with Gasteiger partial charge in [-0.3, -0.25) is 0 Å². The van der Waals surface area contributed by atoms with E-state index >= 15 is 0 Å². The quantitative estimate of drug-likeness (QED) is 0.253. The van der Waals surface area contributed by atoms with Gasteiger partial charge in [-0.2, -0.15) is 0 Å². The first-order valence-electron chi connectivity index (χ1n) is 13.2. The summed E-state index contributed by atoms with van der Waals surface area (Å²) < 4.78 is 11.9. The van der Waals surface area contributed by atoms with Crippen LogP contribution in [0.4, 0.5) is 0 Å². The Bertz CT molecular complexity index is 1210. The fraction of sp³-hybridized carbons (Fsp3) is 0.235. The van der Waals surface area contributed by atoms with Crippen LogP contribution in [0.5, 0.6) is 11.5 Å². The highest BCUT2D eigenvalue weighted by Gasteiger charge is 2.00.